The maximum absolute atomic E-state index is 13.5. The van der Waals surface area contributed by atoms with Crippen LogP contribution in [0, 0.1) is 0 Å². The van der Waals surface area contributed by atoms with Gasteiger partial charge in [-0.3, -0.25) is 14.6 Å². The number of benzene rings is 1. The van der Waals surface area contributed by atoms with Gasteiger partial charge in [-0.1, -0.05) is 24.3 Å². The normalized spacial score (nSPS) is 16.4. The van der Waals surface area contributed by atoms with E-state index < -0.39 is 0 Å². The average molecular weight is 418 g/mol. The van der Waals surface area contributed by atoms with Crippen molar-refractivity contribution in [1.29, 1.82) is 0 Å². The maximum Gasteiger partial charge on any atom is 0.255 e. The molecular weight excluding hydrogens is 394 g/mol. The number of rotatable bonds is 3. The van der Waals surface area contributed by atoms with Gasteiger partial charge in [-0.15, -0.1) is 11.3 Å². The number of hydrogen-bond acceptors (Lipinski definition) is 4. The highest BCUT2D eigenvalue weighted by atomic mass is 32.1. The van der Waals surface area contributed by atoms with E-state index in [4.69, 9.17) is 4.98 Å². The van der Waals surface area contributed by atoms with Crippen LogP contribution in [0.25, 0.3) is 17.0 Å². The van der Waals surface area contributed by atoms with E-state index in [-0.39, 0.29) is 11.8 Å². The third-order valence-electron chi connectivity index (χ3n) is 5.95. The fraction of sp³-hybridized carbons (Fsp3) is 0.292. The zero-order valence-corrected chi connectivity index (χ0v) is 17.5. The standard InChI is InChI=1S/C24H23N3O2S/c28-22(11-10-17-5-4-16-30-17)26-12-14-27(15-13-26)24(29)23-18-6-1-2-8-20(18)25-21-9-3-7-19(21)23/h1-2,4-6,8,10-11,16H,3,7,9,12-15H2/b11-10+. The van der Waals surface area contributed by atoms with E-state index in [1.807, 2.05) is 57.7 Å². The zero-order chi connectivity index (χ0) is 20.5. The van der Waals surface area contributed by atoms with Crippen LogP contribution in [0.3, 0.4) is 0 Å². The Morgan fingerprint density at radius 3 is 2.57 bits per heavy atom. The molecule has 30 heavy (non-hydrogen) atoms. The van der Waals surface area contributed by atoms with Gasteiger partial charge in [0.25, 0.3) is 5.91 Å². The lowest BCUT2D eigenvalue weighted by molar-refractivity contribution is -0.127. The van der Waals surface area contributed by atoms with Crippen molar-refractivity contribution in [3.63, 3.8) is 0 Å². The molecule has 0 bridgehead atoms. The molecule has 2 aromatic heterocycles. The molecule has 0 N–H and O–H groups in total. The van der Waals surface area contributed by atoms with Crippen molar-refractivity contribution in [2.24, 2.45) is 0 Å². The number of piperazine rings is 1. The number of nitrogens with zero attached hydrogens (tertiary/aromatic N) is 3. The molecule has 1 aliphatic carbocycles. The SMILES string of the molecule is O=C(/C=C/c1cccs1)N1CCN(C(=O)c2c3c(nc4ccccc24)CCC3)CC1. The molecule has 2 aliphatic rings. The van der Waals surface area contributed by atoms with Gasteiger partial charge in [0.1, 0.15) is 0 Å². The Kier molecular flexibility index (Phi) is 5.09. The number of amides is 2. The third-order valence-corrected chi connectivity index (χ3v) is 6.78. The minimum absolute atomic E-state index is 0.00533. The van der Waals surface area contributed by atoms with Crippen molar-refractivity contribution < 1.29 is 9.59 Å². The fourth-order valence-corrected chi connectivity index (χ4v) is 5.01. The molecule has 152 valence electrons. The number of fused-ring (bicyclic) bond motifs is 2. The van der Waals surface area contributed by atoms with Crippen LogP contribution in [0.15, 0.2) is 47.9 Å². The third kappa shape index (κ3) is 3.52. The van der Waals surface area contributed by atoms with E-state index in [1.165, 1.54) is 0 Å². The molecule has 1 saturated heterocycles. The smallest absolute Gasteiger partial charge is 0.255 e. The van der Waals surface area contributed by atoms with E-state index >= 15 is 0 Å². The molecule has 3 aromatic rings. The summed E-state index contributed by atoms with van der Waals surface area (Å²) in [5.74, 6) is 0.0822. The minimum atomic E-state index is 0.00533. The first kappa shape index (κ1) is 19.0. The average Bonchev–Trinajstić information content (AvgIpc) is 3.47. The van der Waals surface area contributed by atoms with Crippen molar-refractivity contribution in [3.05, 3.63) is 69.6 Å². The number of hydrogen-bond donors (Lipinski definition) is 0. The maximum atomic E-state index is 13.5. The van der Waals surface area contributed by atoms with Crippen molar-refractivity contribution >= 4 is 40.1 Å². The summed E-state index contributed by atoms with van der Waals surface area (Å²) in [6.45, 7) is 2.24. The monoisotopic (exact) mass is 417 g/mol. The van der Waals surface area contributed by atoms with Crippen molar-refractivity contribution in [3.8, 4) is 0 Å². The Balaban J connectivity index is 1.33. The molecule has 1 fully saturated rings. The molecular formula is C24H23N3O2S. The van der Waals surface area contributed by atoms with Crippen LogP contribution in [-0.2, 0) is 17.6 Å². The Morgan fingerprint density at radius 2 is 1.77 bits per heavy atom. The summed E-state index contributed by atoms with van der Waals surface area (Å²) in [4.78, 5) is 35.6. The van der Waals surface area contributed by atoms with Crippen molar-refractivity contribution in [1.82, 2.24) is 14.8 Å². The number of aryl methyl sites for hydroxylation is 1. The van der Waals surface area contributed by atoms with Gasteiger partial charge in [0, 0.05) is 48.2 Å². The topological polar surface area (TPSA) is 53.5 Å². The van der Waals surface area contributed by atoms with Gasteiger partial charge in [-0.05, 0) is 48.4 Å². The molecule has 0 atom stereocenters. The summed E-state index contributed by atoms with van der Waals surface area (Å²) >= 11 is 1.61. The van der Waals surface area contributed by atoms with Crippen LogP contribution >= 0.6 is 11.3 Å². The first-order valence-electron chi connectivity index (χ1n) is 10.4. The molecule has 1 aliphatic heterocycles. The number of carbonyl (C=O) groups is 2. The molecule has 1 aromatic carbocycles. The van der Waals surface area contributed by atoms with Gasteiger partial charge in [0.15, 0.2) is 0 Å². The van der Waals surface area contributed by atoms with Crippen molar-refractivity contribution in [2.45, 2.75) is 19.3 Å². The molecule has 5 nitrogen and oxygen atoms in total. The van der Waals surface area contributed by atoms with Crippen LogP contribution in [0.2, 0.25) is 0 Å². The Morgan fingerprint density at radius 1 is 0.967 bits per heavy atom. The fourth-order valence-electron chi connectivity index (χ4n) is 4.39. The Hall–Kier alpha value is -2.99. The second-order valence-electron chi connectivity index (χ2n) is 7.75. The van der Waals surface area contributed by atoms with Crippen LogP contribution in [0.1, 0.15) is 32.9 Å². The number of aromatic nitrogens is 1. The number of thiophene rings is 1. The van der Waals surface area contributed by atoms with Crippen LogP contribution in [0.4, 0.5) is 0 Å². The largest absolute Gasteiger partial charge is 0.336 e. The Labute approximate surface area is 179 Å². The molecule has 6 heteroatoms. The summed E-state index contributed by atoms with van der Waals surface area (Å²) in [6.07, 6.45) is 6.40. The molecule has 0 radical (unpaired) electrons. The van der Waals surface area contributed by atoms with E-state index in [0.717, 1.165) is 51.9 Å². The summed E-state index contributed by atoms with van der Waals surface area (Å²) in [5.41, 5.74) is 3.92. The van der Waals surface area contributed by atoms with Gasteiger partial charge in [0.2, 0.25) is 5.91 Å². The number of para-hydroxylation sites is 1. The van der Waals surface area contributed by atoms with Crippen LogP contribution in [-0.4, -0.2) is 52.8 Å². The van der Waals surface area contributed by atoms with Gasteiger partial charge < -0.3 is 9.80 Å². The van der Waals surface area contributed by atoms with Gasteiger partial charge in [-0.2, -0.15) is 0 Å². The van der Waals surface area contributed by atoms with Gasteiger partial charge in [-0.25, -0.2) is 0 Å². The lowest BCUT2D eigenvalue weighted by Crippen LogP contribution is -2.50. The van der Waals surface area contributed by atoms with E-state index in [2.05, 4.69) is 0 Å². The van der Waals surface area contributed by atoms with Crippen LogP contribution in [0.5, 0.6) is 0 Å². The first-order chi connectivity index (χ1) is 14.7. The van der Waals surface area contributed by atoms with Crippen LogP contribution < -0.4 is 0 Å². The minimum Gasteiger partial charge on any atom is -0.336 e. The number of pyridine rings is 1. The summed E-state index contributed by atoms with van der Waals surface area (Å²) in [7, 11) is 0. The van der Waals surface area contributed by atoms with Crippen molar-refractivity contribution in [2.75, 3.05) is 26.2 Å². The van der Waals surface area contributed by atoms with E-state index in [1.54, 1.807) is 17.4 Å². The molecule has 3 heterocycles. The quantitative estimate of drug-likeness (QED) is 0.610. The molecule has 0 unspecified atom stereocenters. The van der Waals surface area contributed by atoms with E-state index in [0.29, 0.717) is 26.2 Å². The predicted molar refractivity (Wildman–Crippen MR) is 120 cm³/mol. The summed E-state index contributed by atoms with van der Waals surface area (Å²) < 4.78 is 0. The highest BCUT2D eigenvalue weighted by Crippen LogP contribution is 2.31. The van der Waals surface area contributed by atoms with E-state index in [9.17, 15) is 9.59 Å². The Bertz CT molecular complexity index is 1130. The summed E-state index contributed by atoms with van der Waals surface area (Å²) in [5, 5.41) is 2.94. The highest BCUT2D eigenvalue weighted by Gasteiger charge is 2.29. The zero-order valence-electron chi connectivity index (χ0n) is 16.7. The second-order valence-corrected chi connectivity index (χ2v) is 8.73. The lowest BCUT2D eigenvalue weighted by atomic mass is 9.99. The summed E-state index contributed by atoms with van der Waals surface area (Å²) in [6, 6.07) is 11.9. The second kappa shape index (κ2) is 8.03. The molecule has 0 saturated carbocycles. The first-order valence-corrected chi connectivity index (χ1v) is 11.3. The number of carbonyl (C=O) groups excluding carboxylic acids is 2. The van der Waals surface area contributed by atoms with Gasteiger partial charge >= 0.3 is 0 Å². The predicted octanol–water partition coefficient (Wildman–Crippen LogP) is 3.78. The molecule has 5 rings (SSSR count). The van der Waals surface area contributed by atoms with Gasteiger partial charge in [0.05, 0.1) is 11.1 Å². The lowest BCUT2D eigenvalue weighted by Gasteiger charge is -2.34. The molecule has 2 amide bonds. The highest BCUT2D eigenvalue weighted by molar-refractivity contribution is 7.10. The molecule has 0 spiro atoms.